The van der Waals surface area contributed by atoms with E-state index >= 15 is 14.4 Å². The Hall–Kier alpha value is -6.01. The van der Waals surface area contributed by atoms with Gasteiger partial charge in [0.2, 0.25) is 53.2 Å². The molecule has 6 fully saturated rings. The second kappa shape index (κ2) is 27.7. The Morgan fingerprint density at radius 3 is 2.15 bits per heavy atom. The van der Waals surface area contributed by atoms with Gasteiger partial charge in [-0.05, 0) is 119 Å². The third-order valence-electron chi connectivity index (χ3n) is 18.3. The first-order chi connectivity index (χ1) is 37.7. The number of unbranched alkanes of at least 4 members (excludes halogenated alkanes) is 1. The second-order valence-corrected chi connectivity index (χ2v) is 23.7. The van der Waals surface area contributed by atoms with Gasteiger partial charge in [-0.3, -0.25) is 43.2 Å². The fourth-order valence-electron chi connectivity index (χ4n) is 14.1. The fraction of sp³-hybridized carbons (Fsp3) is 0.712. The molecule has 9 N–H and O–H groups in total. The van der Waals surface area contributed by atoms with Crippen LogP contribution < -0.4 is 37.6 Å². The van der Waals surface area contributed by atoms with Crippen LogP contribution in [0.25, 0.3) is 10.9 Å². The van der Waals surface area contributed by atoms with Crippen molar-refractivity contribution in [2.75, 3.05) is 13.1 Å². The largest absolute Gasteiger partial charge is 0.368 e. The number of H-pyrrole nitrogens is 1. The minimum absolute atomic E-state index is 0.0307. The SMILES string of the molecule is CCCC[C@H](NC(C)=O)C(=O)N[C@H]1CC(=O)NCCCC[C@@H](C(N)=O)NC(=O)[C@H](Cc2c[nH]c3ccccc23)NC(=O)[C@@H]2CCCCN2C(=O)[C@H](CC2CCC(C3CCCCC3)CC2)NC(=O)[C@H]2CC3CCCCC3N2C1=O. The van der Waals surface area contributed by atoms with Gasteiger partial charge in [0.1, 0.15) is 42.3 Å². The molecule has 3 saturated carbocycles. The van der Waals surface area contributed by atoms with Crippen molar-refractivity contribution in [1.29, 1.82) is 0 Å². The van der Waals surface area contributed by atoms with E-state index in [1.165, 1.54) is 39.0 Å². The number of aromatic amines is 1. The number of fused-ring (bicyclic) bond motifs is 5. The van der Waals surface area contributed by atoms with Crippen molar-refractivity contribution in [2.45, 2.75) is 229 Å². The van der Waals surface area contributed by atoms with Gasteiger partial charge in [0.25, 0.3) is 0 Å². The Labute approximate surface area is 460 Å². The Morgan fingerprint density at radius 2 is 1.40 bits per heavy atom. The normalized spacial score (nSPS) is 30.1. The number of piperidine rings is 1. The molecule has 8 rings (SSSR count). The van der Waals surface area contributed by atoms with Gasteiger partial charge in [-0.2, -0.15) is 0 Å². The van der Waals surface area contributed by atoms with E-state index in [0.29, 0.717) is 76.0 Å². The maximum atomic E-state index is 15.5. The molecule has 3 aliphatic carbocycles. The molecule has 428 valence electrons. The minimum Gasteiger partial charge on any atom is -0.368 e. The van der Waals surface area contributed by atoms with Crippen LogP contribution in [0.15, 0.2) is 30.5 Å². The predicted molar refractivity (Wildman–Crippen MR) is 295 cm³/mol. The first kappa shape index (κ1) is 58.1. The smallest absolute Gasteiger partial charge is 0.246 e. The second-order valence-electron chi connectivity index (χ2n) is 23.7. The number of nitrogens with zero attached hydrogens (tertiary/aromatic N) is 2. The van der Waals surface area contributed by atoms with Crippen LogP contribution in [-0.4, -0.2) is 129 Å². The van der Waals surface area contributed by atoms with Crippen LogP contribution in [0.2, 0.25) is 0 Å². The summed E-state index contributed by atoms with van der Waals surface area (Å²) in [4.78, 5) is 135. The van der Waals surface area contributed by atoms with Gasteiger partial charge in [0.15, 0.2) is 0 Å². The number of benzene rings is 1. The van der Waals surface area contributed by atoms with Crippen LogP contribution in [0, 0.1) is 23.7 Å². The van der Waals surface area contributed by atoms with Crippen LogP contribution in [0.3, 0.4) is 0 Å². The third kappa shape index (κ3) is 14.8. The Balaban J connectivity index is 1.13. The minimum atomic E-state index is -1.40. The van der Waals surface area contributed by atoms with E-state index in [-0.39, 0.29) is 43.8 Å². The average Bonchev–Trinajstić information content (AvgIpc) is 4.09. The van der Waals surface area contributed by atoms with Gasteiger partial charge in [0.05, 0.1) is 6.42 Å². The molecule has 2 unspecified atom stereocenters. The maximum absolute atomic E-state index is 15.5. The summed E-state index contributed by atoms with van der Waals surface area (Å²) in [6, 6.07) is -0.415. The molecular weight excluding hydrogens is 993 g/mol. The summed E-state index contributed by atoms with van der Waals surface area (Å²) in [7, 11) is 0. The van der Waals surface area contributed by atoms with Crippen molar-refractivity contribution in [3.63, 3.8) is 0 Å². The number of hydrogen-bond donors (Lipinski definition) is 8. The standard InChI is InChI=1S/C59H88N10O9/c1-3-4-20-45(63-36(2)70)54(73)66-48-34-52(71)61-29-14-12-22-44(53(60)72)64-55(74)46(32-41-35-62-43-21-10-9-19-42(41)43)65-56(75)50-24-13-15-30-68(50)58(77)47(31-37-25-27-39(28-26-37)38-16-6-5-7-17-38)67-57(76)51-33-40-18-8-11-23-49(40)69(51)59(48)78/h9-10,19,21,35,37-40,44-51,62H,3-8,11-18,20,22-34H2,1-2H3,(H2,60,72)(H,61,71)(H,63,70)(H,64,74)(H,65,75)(H,66,73)(H,67,76)/t37?,39?,40?,44-,45-,46-,47-,48-,49?,50-,51+/m0/s1. The number of rotatable bonds is 12. The molecule has 19 heteroatoms. The molecule has 0 spiro atoms. The molecule has 0 radical (unpaired) electrons. The molecule has 2 aromatic rings. The predicted octanol–water partition coefficient (Wildman–Crippen LogP) is 4.84. The van der Waals surface area contributed by atoms with Crippen molar-refractivity contribution in [3.05, 3.63) is 36.0 Å². The monoisotopic (exact) mass is 1080 g/mol. The Morgan fingerprint density at radius 1 is 0.718 bits per heavy atom. The maximum Gasteiger partial charge on any atom is 0.246 e. The van der Waals surface area contributed by atoms with Gasteiger partial charge in [0, 0.05) is 49.6 Å². The summed E-state index contributed by atoms with van der Waals surface area (Å²) in [5, 5.41) is 18.3. The zero-order chi connectivity index (χ0) is 55.3. The molecule has 1 aromatic carbocycles. The van der Waals surface area contributed by atoms with E-state index in [4.69, 9.17) is 5.73 Å². The third-order valence-corrected chi connectivity index (χ3v) is 18.3. The van der Waals surface area contributed by atoms with E-state index in [1.807, 2.05) is 31.2 Å². The van der Waals surface area contributed by atoms with Crippen molar-refractivity contribution in [3.8, 4) is 0 Å². The molecule has 0 bridgehead atoms. The van der Waals surface area contributed by atoms with Gasteiger partial charge in [-0.15, -0.1) is 0 Å². The number of nitrogens with one attached hydrogen (secondary N) is 7. The Kier molecular flexibility index (Phi) is 20.7. The number of hydrogen-bond acceptors (Lipinski definition) is 9. The van der Waals surface area contributed by atoms with Crippen LogP contribution in [0.1, 0.15) is 180 Å². The van der Waals surface area contributed by atoms with Crippen molar-refractivity contribution in [2.24, 2.45) is 29.4 Å². The molecule has 9 amide bonds. The lowest BCUT2D eigenvalue weighted by molar-refractivity contribution is -0.148. The molecule has 1 aromatic heterocycles. The molecule has 3 aliphatic heterocycles. The van der Waals surface area contributed by atoms with E-state index in [1.54, 1.807) is 16.0 Å². The van der Waals surface area contributed by atoms with Crippen molar-refractivity contribution >= 4 is 64.1 Å². The number of para-hydroxylation sites is 1. The fourth-order valence-corrected chi connectivity index (χ4v) is 14.1. The van der Waals surface area contributed by atoms with Crippen molar-refractivity contribution < 1.29 is 43.2 Å². The molecule has 6 aliphatic rings. The topological polar surface area (TPSA) is 274 Å². The summed E-state index contributed by atoms with van der Waals surface area (Å²) in [6.45, 7) is 3.66. The van der Waals surface area contributed by atoms with Gasteiger partial charge in [-0.1, -0.05) is 95.8 Å². The van der Waals surface area contributed by atoms with E-state index < -0.39 is 102 Å². The first-order valence-corrected chi connectivity index (χ1v) is 29.9. The first-order valence-electron chi connectivity index (χ1n) is 29.9. The van der Waals surface area contributed by atoms with E-state index in [9.17, 15) is 28.8 Å². The molecule has 4 heterocycles. The summed E-state index contributed by atoms with van der Waals surface area (Å²) >= 11 is 0. The number of nitrogens with two attached hydrogens (primary N) is 1. The quantitative estimate of drug-likeness (QED) is 0.144. The van der Waals surface area contributed by atoms with Gasteiger partial charge in [-0.25, -0.2) is 0 Å². The van der Waals surface area contributed by atoms with Gasteiger partial charge >= 0.3 is 0 Å². The zero-order valence-corrected chi connectivity index (χ0v) is 46.3. The zero-order valence-electron chi connectivity index (χ0n) is 46.3. The van der Waals surface area contributed by atoms with Crippen LogP contribution in [-0.2, 0) is 49.6 Å². The average molecular weight is 1080 g/mol. The Bertz CT molecular complexity index is 2450. The summed E-state index contributed by atoms with van der Waals surface area (Å²) in [5.41, 5.74) is 7.50. The van der Waals surface area contributed by atoms with Crippen LogP contribution in [0.4, 0.5) is 0 Å². The highest BCUT2D eigenvalue weighted by Gasteiger charge is 2.50. The lowest BCUT2D eigenvalue weighted by Gasteiger charge is -2.40. The number of primary amides is 1. The number of amides is 9. The van der Waals surface area contributed by atoms with E-state index in [0.717, 1.165) is 67.8 Å². The summed E-state index contributed by atoms with van der Waals surface area (Å²) in [6.07, 6.45) is 19.6. The molecule has 3 saturated heterocycles. The van der Waals surface area contributed by atoms with Crippen LogP contribution in [0.5, 0.6) is 0 Å². The number of aromatic nitrogens is 1. The lowest BCUT2D eigenvalue weighted by Crippen LogP contribution is -2.62. The van der Waals surface area contributed by atoms with Gasteiger partial charge < -0.3 is 52.4 Å². The molecule has 19 nitrogen and oxygen atoms in total. The highest BCUT2D eigenvalue weighted by Crippen LogP contribution is 2.43. The van der Waals surface area contributed by atoms with Crippen LogP contribution >= 0.6 is 0 Å². The number of carbonyl (C=O) groups is 9. The summed E-state index contributed by atoms with van der Waals surface area (Å²) in [5.74, 6) is -3.53. The molecular formula is C59H88N10O9. The summed E-state index contributed by atoms with van der Waals surface area (Å²) < 4.78 is 0. The molecule has 78 heavy (non-hydrogen) atoms. The lowest BCUT2D eigenvalue weighted by atomic mass is 9.70. The molecule has 9 atom stereocenters. The number of carbonyl (C=O) groups excluding carboxylic acids is 9. The van der Waals surface area contributed by atoms with Crippen molar-refractivity contribution in [1.82, 2.24) is 46.7 Å². The van der Waals surface area contributed by atoms with E-state index in [2.05, 4.69) is 36.9 Å². The highest BCUT2D eigenvalue weighted by molar-refractivity contribution is 5.99. The highest BCUT2D eigenvalue weighted by atomic mass is 16.2.